The Morgan fingerprint density at radius 1 is 1.08 bits per heavy atom. The summed E-state index contributed by atoms with van der Waals surface area (Å²) in [4.78, 5) is 77.0. The summed E-state index contributed by atoms with van der Waals surface area (Å²) in [5.74, 6) is -4.54. The molecule has 0 spiro atoms. The SMILES string of the molecule is CN(C)S(=O)(=O)NC(=O)[C@@]12C[C@H]1/C=C\CCCCC[C@H](NC(=O)OC(C)(C)C)C(=O)N1C[C@H](Oc3nc4ccccc4nc3C(=O)O)C[C@H]1C(=O)N2. The molecule has 2 aromatic rings. The standard InChI is InChI=1S/C34H45N7O10S/c1-33(2,3)51-32(47)37-24-16-10-8-6-7-9-13-20-18-34(20,31(46)39-52(48,49)40(4)5)38-27(42)25-17-21(19-41(25)29(24)43)50-28-26(30(44)45)35-22-14-11-12-15-23(22)36-28/h9,11-15,20-21,24-25H,6-8,10,16-19H2,1-5H3,(H,37,47)(H,38,42)(H,39,46)(H,44,45)/b13-9-/t20-,21-,24+,25+,34-/m1/s1. The Morgan fingerprint density at radius 2 is 1.77 bits per heavy atom. The van der Waals surface area contributed by atoms with Gasteiger partial charge in [0.05, 0.1) is 17.6 Å². The second kappa shape index (κ2) is 15.0. The van der Waals surface area contributed by atoms with Gasteiger partial charge in [-0.3, -0.25) is 14.4 Å². The fraction of sp³-hybridized carbons (Fsp3) is 0.559. The number of carbonyl (C=O) groups is 5. The van der Waals surface area contributed by atoms with Crippen molar-refractivity contribution in [2.75, 3.05) is 20.6 Å². The minimum atomic E-state index is -4.21. The van der Waals surface area contributed by atoms with Crippen LogP contribution in [0.1, 0.15) is 76.2 Å². The molecule has 0 radical (unpaired) electrons. The second-order valence-corrected chi connectivity index (χ2v) is 16.3. The molecule has 2 aliphatic heterocycles. The van der Waals surface area contributed by atoms with Crippen molar-refractivity contribution in [2.24, 2.45) is 5.92 Å². The maximum atomic E-state index is 14.3. The number of alkyl carbamates (subject to hydrolysis) is 1. The van der Waals surface area contributed by atoms with Crippen molar-refractivity contribution in [3.63, 3.8) is 0 Å². The lowest BCUT2D eigenvalue weighted by Crippen LogP contribution is -2.58. The summed E-state index contributed by atoms with van der Waals surface area (Å²) in [5.41, 5.74) is -2.26. The van der Waals surface area contributed by atoms with Gasteiger partial charge in [0.1, 0.15) is 29.3 Å². The maximum Gasteiger partial charge on any atom is 0.408 e. The highest BCUT2D eigenvalue weighted by Crippen LogP contribution is 2.45. The lowest BCUT2D eigenvalue weighted by atomic mass is 10.0. The average molecular weight is 744 g/mol. The Bertz CT molecular complexity index is 1880. The molecule has 3 aliphatic rings. The van der Waals surface area contributed by atoms with E-state index in [1.54, 1.807) is 51.1 Å². The number of carbonyl (C=O) groups excluding carboxylic acids is 4. The number of nitrogens with one attached hydrogen (secondary N) is 3. The highest BCUT2D eigenvalue weighted by atomic mass is 32.2. The second-order valence-electron chi connectivity index (χ2n) is 14.4. The third-order valence-electron chi connectivity index (χ3n) is 9.06. The highest BCUT2D eigenvalue weighted by molar-refractivity contribution is 7.87. The van der Waals surface area contributed by atoms with Crippen LogP contribution in [0.4, 0.5) is 4.79 Å². The molecule has 0 unspecified atom stereocenters. The zero-order chi connectivity index (χ0) is 38.0. The van der Waals surface area contributed by atoms with Gasteiger partial charge in [-0.05, 0) is 58.6 Å². The number of carboxylic acid groups (broad SMARTS) is 1. The number of benzene rings is 1. The van der Waals surface area contributed by atoms with Crippen LogP contribution in [0.5, 0.6) is 5.88 Å². The summed E-state index contributed by atoms with van der Waals surface area (Å²) in [6.07, 6.45) is 4.68. The van der Waals surface area contributed by atoms with Crippen LogP contribution in [0.25, 0.3) is 11.0 Å². The zero-order valence-electron chi connectivity index (χ0n) is 29.7. The summed E-state index contributed by atoms with van der Waals surface area (Å²) in [6, 6.07) is 4.24. The van der Waals surface area contributed by atoms with Gasteiger partial charge in [-0.2, -0.15) is 12.7 Å². The normalized spacial score (nSPS) is 26.2. The van der Waals surface area contributed by atoms with Gasteiger partial charge in [0.2, 0.25) is 23.4 Å². The van der Waals surface area contributed by atoms with Gasteiger partial charge in [-0.15, -0.1) is 0 Å². The van der Waals surface area contributed by atoms with E-state index in [0.29, 0.717) is 30.3 Å². The lowest BCUT2D eigenvalue weighted by Gasteiger charge is -2.30. The molecule has 5 atom stereocenters. The molecule has 17 nitrogen and oxygen atoms in total. The van der Waals surface area contributed by atoms with Gasteiger partial charge in [-0.25, -0.2) is 24.3 Å². The maximum absolute atomic E-state index is 14.3. The third kappa shape index (κ3) is 8.78. The van der Waals surface area contributed by atoms with E-state index in [0.717, 1.165) is 10.7 Å². The monoisotopic (exact) mass is 743 g/mol. The molecule has 3 heterocycles. The minimum Gasteiger partial charge on any atom is -0.476 e. The van der Waals surface area contributed by atoms with Gasteiger partial charge in [0, 0.05) is 26.4 Å². The lowest BCUT2D eigenvalue weighted by molar-refractivity contribution is -0.141. The van der Waals surface area contributed by atoms with Crippen LogP contribution in [0.2, 0.25) is 0 Å². The van der Waals surface area contributed by atoms with Gasteiger partial charge >= 0.3 is 22.3 Å². The number of nitrogens with zero attached hydrogens (tertiary/aromatic N) is 4. The van der Waals surface area contributed by atoms with Crippen molar-refractivity contribution in [1.29, 1.82) is 0 Å². The van der Waals surface area contributed by atoms with Gasteiger partial charge in [0.25, 0.3) is 5.91 Å². The Morgan fingerprint density at radius 3 is 2.42 bits per heavy atom. The Balaban J connectivity index is 1.50. The molecule has 4 amide bonds. The predicted molar refractivity (Wildman–Crippen MR) is 186 cm³/mol. The van der Waals surface area contributed by atoms with Gasteiger partial charge in [-0.1, -0.05) is 37.1 Å². The summed E-state index contributed by atoms with van der Waals surface area (Å²) < 4.78 is 39.6. The molecule has 5 rings (SSSR count). The first-order valence-corrected chi connectivity index (χ1v) is 18.5. The van der Waals surface area contributed by atoms with Crippen molar-refractivity contribution < 1.29 is 47.0 Å². The Labute approximate surface area is 301 Å². The third-order valence-corrected chi connectivity index (χ3v) is 10.5. The van der Waals surface area contributed by atoms with Crippen molar-refractivity contribution in [2.45, 2.75) is 95.0 Å². The largest absolute Gasteiger partial charge is 0.476 e. The number of para-hydroxylation sites is 2. The summed E-state index contributed by atoms with van der Waals surface area (Å²) >= 11 is 0. The molecule has 1 aromatic carbocycles. The molecule has 1 aromatic heterocycles. The number of hydrogen-bond donors (Lipinski definition) is 4. The fourth-order valence-electron chi connectivity index (χ4n) is 6.28. The van der Waals surface area contributed by atoms with Crippen LogP contribution >= 0.6 is 0 Å². The average Bonchev–Trinajstić information content (AvgIpc) is 3.58. The molecule has 18 heteroatoms. The smallest absolute Gasteiger partial charge is 0.408 e. The van der Waals surface area contributed by atoms with Crippen LogP contribution in [-0.2, 0) is 29.3 Å². The van der Waals surface area contributed by atoms with E-state index < -0.39 is 80.9 Å². The summed E-state index contributed by atoms with van der Waals surface area (Å²) in [6.45, 7) is 4.84. The van der Waals surface area contributed by atoms with Crippen LogP contribution in [0.3, 0.4) is 0 Å². The molecule has 52 heavy (non-hydrogen) atoms. The molecule has 1 saturated carbocycles. The van der Waals surface area contributed by atoms with E-state index in [1.165, 1.54) is 19.0 Å². The van der Waals surface area contributed by atoms with E-state index in [4.69, 9.17) is 9.47 Å². The van der Waals surface area contributed by atoms with E-state index in [9.17, 15) is 37.5 Å². The van der Waals surface area contributed by atoms with E-state index >= 15 is 0 Å². The number of aromatic carboxylic acids is 1. The van der Waals surface area contributed by atoms with Crippen LogP contribution in [-0.4, -0.2) is 112 Å². The van der Waals surface area contributed by atoms with Crippen molar-refractivity contribution in [1.82, 2.24) is 34.5 Å². The first kappa shape index (κ1) is 38.4. The number of amides is 4. The molecular formula is C34H45N7O10S. The number of carboxylic acids is 1. The number of rotatable bonds is 7. The highest BCUT2D eigenvalue weighted by Gasteiger charge is 2.61. The van der Waals surface area contributed by atoms with Crippen molar-refractivity contribution >= 4 is 51.0 Å². The fourth-order valence-corrected chi connectivity index (χ4v) is 6.88. The zero-order valence-corrected chi connectivity index (χ0v) is 30.6. The molecule has 0 bridgehead atoms. The first-order chi connectivity index (χ1) is 24.4. The summed E-state index contributed by atoms with van der Waals surface area (Å²) in [7, 11) is -1.70. The number of ether oxygens (including phenoxy) is 2. The molecule has 2 fully saturated rings. The number of allylic oxidation sites excluding steroid dienone is 1. The van der Waals surface area contributed by atoms with Gasteiger partial charge in [0.15, 0.2) is 0 Å². The van der Waals surface area contributed by atoms with Crippen molar-refractivity contribution in [3.05, 3.63) is 42.1 Å². The van der Waals surface area contributed by atoms with E-state index in [-0.39, 0.29) is 31.7 Å². The van der Waals surface area contributed by atoms with Crippen LogP contribution < -0.4 is 20.1 Å². The van der Waals surface area contributed by atoms with Gasteiger partial charge < -0.3 is 30.1 Å². The van der Waals surface area contributed by atoms with E-state index in [1.807, 2.05) is 10.8 Å². The predicted octanol–water partition coefficient (Wildman–Crippen LogP) is 1.89. The summed E-state index contributed by atoms with van der Waals surface area (Å²) in [5, 5.41) is 15.3. The Hall–Kier alpha value is -4.84. The topological polar surface area (TPSA) is 227 Å². The molecular weight excluding hydrogens is 698 g/mol. The number of hydrogen-bond acceptors (Lipinski definition) is 11. The van der Waals surface area contributed by atoms with Crippen LogP contribution in [0.15, 0.2) is 36.4 Å². The Kier molecular flexibility index (Phi) is 11.1. The quantitative estimate of drug-likeness (QED) is 0.298. The molecule has 1 saturated heterocycles. The first-order valence-electron chi connectivity index (χ1n) is 17.1. The molecule has 4 N–H and O–H groups in total. The van der Waals surface area contributed by atoms with Crippen molar-refractivity contribution in [3.8, 4) is 5.88 Å². The molecule has 1 aliphatic carbocycles. The minimum absolute atomic E-state index is 0.113. The van der Waals surface area contributed by atoms with Crippen LogP contribution in [0, 0.1) is 5.92 Å². The molecule has 282 valence electrons. The van der Waals surface area contributed by atoms with E-state index in [2.05, 4.69) is 20.6 Å². The number of fused-ring (bicyclic) bond motifs is 3. The number of aromatic nitrogens is 2.